The molecule has 3 rings (SSSR count). The molecule has 1 saturated heterocycles. The highest BCUT2D eigenvalue weighted by molar-refractivity contribution is 6.74. The van der Waals surface area contributed by atoms with Gasteiger partial charge in [-0.1, -0.05) is 46.3 Å². The molecule has 0 aromatic heterocycles. The van der Waals surface area contributed by atoms with Crippen molar-refractivity contribution in [3.05, 3.63) is 52.6 Å². The molecule has 2 aliphatic rings. The van der Waals surface area contributed by atoms with Crippen molar-refractivity contribution in [3.63, 3.8) is 0 Å². The van der Waals surface area contributed by atoms with Crippen LogP contribution < -0.4 is 0 Å². The summed E-state index contributed by atoms with van der Waals surface area (Å²) in [6, 6.07) is 5.39. The van der Waals surface area contributed by atoms with E-state index >= 15 is 0 Å². The Balaban J connectivity index is 1.80. The summed E-state index contributed by atoms with van der Waals surface area (Å²) < 4.78 is 17.5. The molecule has 5 atom stereocenters. The highest BCUT2D eigenvalue weighted by Crippen LogP contribution is 2.46. The van der Waals surface area contributed by atoms with Crippen LogP contribution in [0, 0.1) is 27.9 Å². The van der Waals surface area contributed by atoms with Gasteiger partial charge in [0.25, 0.3) is 5.69 Å². The summed E-state index contributed by atoms with van der Waals surface area (Å²) in [7, 11) is -2.20. The number of carbonyl (C=O) groups is 3. The number of likely N-dealkylation sites (tertiary alicyclic amines) is 1. The molecule has 1 saturated carbocycles. The lowest BCUT2D eigenvalue weighted by atomic mass is 9.66. The number of rotatable bonds is 12. The lowest BCUT2D eigenvalue weighted by Gasteiger charge is -2.55. The molecule has 10 nitrogen and oxygen atoms in total. The summed E-state index contributed by atoms with van der Waals surface area (Å²) in [6.45, 7) is 16.1. The van der Waals surface area contributed by atoms with E-state index < -0.39 is 25.1 Å². The van der Waals surface area contributed by atoms with Crippen molar-refractivity contribution in [2.75, 3.05) is 13.2 Å². The minimum atomic E-state index is -2.20. The van der Waals surface area contributed by atoms with Gasteiger partial charge in [-0.25, -0.2) is 0 Å². The first kappa shape index (κ1) is 32.5. The zero-order valence-corrected chi connectivity index (χ0v) is 26.1. The summed E-state index contributed by atoms with van der Waals surface area (Å²) in [6.07, 6.45) is 4.37. The first-order valence-electron chi connectivity index (χ1n) is 14.3. The topological polar surface area (TPSA) is 125 Å². The zero-order valence-electron chi connectivity index (χ0n) is 25.1. The molecule has 1 heterocycles. The van der Waals surface area contributed by atoms with E-state index in [1.165, 1.54) is 35.2 Å². The van der Waals surface area contributed by atoms with Crippen LogP contribution in [0.5, 0.6) is 0 Å². The lowest BCUT2D eigenvalue weighted by Crippen LogP contribution is -2.70. The Morgan fingerprint density at radius 2 is 1.80 bits per heavy atom. The zero-order chi connectivity index (χ0) is 30.5. The molecule has 226 valence electrons. The normalized spacial score (nSPS) is 23.8. The number of amides is 1. The molecule has 1 unspecified atom stereocenters. The molecule has 0 bridgehead atoms. The number of nitro benzene ring substituents is 1. The Kier molecular flexibility index (Phi) is 10.5. The van der Waals surface area contributed by atoms with E-state index in [1.54, 1.807) is 0 Å². The van der Waals surface area contributed by atoms with Gasteiger partial charge in [-0.3, -0.25) is 24.5 Å². The first-order chi connectivity index (χ1) is 19.2. The Bertz CT molecular complexity index is 1130. The summed E-state index contributed by atoms with van der Waals surface area (Å²) in [4.78, 5) is 51.5. The highest BCUT2D eigenvalue weighted by atomic mass is 28.4. The van der Waals surface area contributed by atoms with Crippen LogP contribution in [0.15, 0.2) is 36.9 Å². The van der Waals surface area contributed by atoms with E-state index in [9.17, 15) is 24.5 Å². The van der Waals surface area contributed by atoms with Crippen LogP contribution in [0.3, 0.4) is 0 Å². The molecule has 11 heteroatoms. The molecule has 41 heavy (non-hydrogen) atoms. The van der Waals surface area contributed by atoms with Gasteiger partial charge in [-0.15, -0.1) is 0 Å². The van der Waals surface area contributed by atoms with Crippen molar-refractivity contribution in [3.8, 4) is 0 Å². The SMILES string of the molecule is C=CCOC(=O)[C@@H]1CCCCC1[C@H]1[C@@H]([C@@H](C)O[Si](C)(C)C(C)(C)C)C(=O)N1CC(=O)OCc1ccc([N+](=O)[O-])cc1. The van der Waals surface area contributed by atoms with Crippen molar-refractivity contribution in [1.82, 2.24) is 4.90 Å². The van der Waals surface area contributed by atoms with Gasteiger partial charge in [-0.05, 0) is 61.5 Å². The molecule has 2 fully saturated rings. The average molecular weight is 589 g/mol. The Morgan fingerprint density at radius 1 is 1.17 bits per heavy atom. The molecule has 1 aliphatic carbocycles. The lowest BCUT2D eigenvalue weighted by molar-refractivity contribution is -0.384. The first-order valence-corrected chi connectivity index (χ1v) is 17.2. The van der Waals surface area contributed by atoms with Gasteiger partial charge in [0.05, 0.1) is 28.9 Å². The van der Waals surface area contributed by atoms with Gasteiger partial charge in [0.15, 0.2) is 8.32 Å². The van der Waals surface area contributed by atoms with Crippen LogP contribution in [-0.4, -0.2) is 61.3 Å². The van der Waals surface area contributed by atoms with Crippen LogP contribution in [0.2, 0.25) is 18.1 Å². The van der Waals surface area contributed by atoms with Gasteiger partial charge in [-0.2, -0.15) is 0 Å². The highest BCUT2D eigenvalue weighted by Gasteiger charge is 2.57. The molecule has 1 aromatic rings. The number of nitro groups is 1. The summed E-state index contributed by atoms with van der Waals surface area (Å²) >= 11 is 0. The van der Waals surface area contributed by atoms with Gasteiger partial charge in [0.2, 0.25) is 5.91 Å². The second kappa shape index (κ2) is 13.3. The number of benzene rings is 1. The van der Waals surface area contributed by atoms with Crippen molar-refractivity contribution in [1.29, 1.82) is 0 Å². The largest absolute Gasteiger partial charge is 0.461 e. The van der Waals surface area contributed by atoms with E-state index in [-0.39, 0.29) is 66.3 Å². The molecule has 1 aromatic carbocycles. The van der Waals surface area contributed by atoms with Gasteiger partial charge in [0.1, 0.15) is 19.8 Å². The number of carbonyl (C=O) groups excluding carboxylic acids is 3. The summed E-state index contributed by atoms with van der Waals surface area (Å²) in [5, 5.41) is 10.8. The molecule has 0 radical (unpaired) electrons. The minimum absolute atomic E-state index is 0.0488. The second-order valence-corrected chi connectivity index (χ2v) is 17.4. The fraction of sp³-hybridized carbons (Fsp3) is 0.633. The van der Waals surface area contributed by atoms with Crippen LogP contribution in [0.4, 0.5) is 5.69 Å². The number of ether oxygens (including phenoxy) is 2. The molecule has 1 aliphatic heterocycles. The Hall–Kier alpha value is -3.05. The number of β-lactam (4-membered cyclic amide) rings is 1. The van der Waals surface area contributed by atoms with Gasteiger partial charge < -0.3 is 18.8 Å². The van der Waals surface area contributed by atoms with E-state index in [1.807, 2.05) is 6.92 Å². The van der Waals surface area contributed by atoms with E-state index in [0.29, 0.717) is 12.0 Å². The van der Waals surface area contributed by atoms with Gasteiger partial charge in [0, 0.05) is 12.1 Å². The summed E-state index contributed by atoms with van der Waals surface area (Å²) in [5.41, 5.74) is 0.546. The summed E-state index contributed by atoms with van der Waals surface area (Å²) in [5.74, 6) is -2.10. The fourth-order valence-electron chi connectivity index (χ4n) is 5.64. The number of esters is 2. The minimum Gasteiger partial charge on any atom is -0.461 e. The second-order valence-electron chi connectivity index (χ2n) is 12.6. The van der Waals surface area contributed by atoms with E-state index in [2.05, 4.69) is 40.4 Å². The number of hydrogen-bond acceptors (Lipinski definition) is 8. The third kappa shape index (κ3) is 7.62. The number of hydrogen-bond donors (Lipinski definition) is 0. The van der Waals surface area contributed by atoms with Crippen LogP contribution in [0.25, 0.3) is 0 Å². The average Bonchev–Trinajstić information content (AvgIpc) is 2.91. The number of nitrogens with zero attached hydrogens (tertiary/aromatic N) is 2. The molecular weight excluding hydrogens is 544 g/mol. The van der Waals surface area contributed by atoms with Crippen molar-refractivity contribution in [2.45, 2.75) is 90.3 Å². The Labute approximate surface area is 243 Å². The van der Waals surface area contributed by atoms with Crippen molar-refractivity contribution >= 4 is 31.9 Å². The van der Waals surface area contributed by atoms with Crippen molar-refractivity contribution < 1.29 is 33.2 Å². The smallest absolute Gasteiger partial charge is 0.325 e. The fourth-order valence-corrected chi connectivity index (χ4v) is 7.07. The van der Waals surface area contributed by atoms with Gasteiger partial charge >= 0.3 is 11.9 Å². The maximum atomic E-state index is 13.6. The maximum absolute atomic E-state index is 13.6. The quantitative estimate of drug-likeness (QED) is 0.0792. The standard InChI is InChI=1S/C30H44N2O8Si/c1-8-17-38-29(35)24-12-10-9-11-23(24)27-26(20(2)40-41(6,7)30(3,4)5)28(34)31(27)18-25(33)39-19-21-13-15-22(16-14-21)32(36)37/h8,13-16,20,23-24,26-27H,1,9-12,17-19H2,2-7H3/t20-,23?,24-,26-,27+/m1/s1. The molecule has 0 spiro atoms. The molecule has 0 N–H and O–H groups in total. The van der Waals surface area contributed by atoms with E-state index in [4.69, 9.17) is 13.9 Å². The third-order valence-corrected chi connectivity index (χ3v) is 13.4. The third-order valence-electron chi connectivity index (χ3n) is 8.84. The van der Waals surface area contributed by atoms with E-state index in [0.717, 1.165) is 19.3 Å². The Morgan fingerprint density at radius 3 is 2.39 bits per heavy atom. The van der Waals surface area contributed by atoms with Crippen LogP contribution in [-0.2, 0) is 34.9 Å². The number of non-ortho nitro benzene ring substituents is 1. The monoisotopic (exact) mass is 588 g/mol. The van der Waals surface area contributed by atoms with Crippen LogP contribution in [0.1, 0.15) is 58.9 Å². The van der Waals surface area contributed by atoms with Crippen molar-refractivity contribution in [2.24, 2.45) is 17.8 Å². The maximum Gasteiger partial charge on any atom is 0.325 e. The van der Waals surface area contributed by atoms with Crippen LogP contribution >= 0.6 is 0 Å². The molecular formula is C30H44N2O8Si. The molecule has 1 amide bonds. The predicted molar refractivity (Wildman–Crippen MR) is 156 cm³/mol. The predicted octanol–water partition coefficient (Wildman–Crippen LogP) is 5.41.